The van der Waals surface area contributed by atoms with E-state index >= 15 is 0 Å². The lowest BCUT2D eigenvalue weighted by Crippen LogP contribution is -2.12. The van der Waals surface area contributed by atoms with Gasteiger partial charge in [-0.05, 0) is 26.2 Å². The van der Waals surface area contributed by atoms with Crippen LogP contribution < -0.4 is 0 Å². The van der Waals surface area contributed by atoms with E-state index in [0.717, 1.165) is 17.9 Å². The summed E-state index contributed by atoms with van der Waals surface area (Å²) in [4.78, 5) is 0. The van der Waals surface area contributed by atoms with Crippen LogP contribution in [0.4, 0.5) is 0 Å². The topological polar surface area (TPSA) is 9.23 Å². The molecule has 0 aliphatic heterocycles. The molecule has 1 atom stereocenters. The van der Waals surface area contributed by atoms with E-state index < -0.39 is 0 Å². The van der Waals surface area contributed by atoms with Crippen molar-refractivity contribution >= 4 is 0 Å². The van der Waals surface area contributed by atoms with Gasteiger partial charge in [0.25, 0.3) is 0 Å². The zero-order valence-electron chi connectivity index (χ0n) is 8.18. The summed E-state index contributed by atoms with van der Waals surface area (Å²) in [5.74, 6) is 0.718. The summed E-state index contributed by atoms with van der Waals surface area (Å²) in [6.45, 7) is 13.0. The number of hydrogen-bond acceptors (Lipinski definition) is 1. The predicted octanol–water partition coefficient (Wildman–Crippen LogP) is 3.01. The first-order valence-corrected chi connectivity index (χ1v) is 4.28. The molecular formula is C10H20O. The zero-order valence-corrected chi connectivity index (χ0v) is 8.18. The molecule has 0 saturated heterocycles. The maximum Gasteiger partial charge on any atom is 0.0675 e. The number of rotatable bonds is 5. The van der Waals surface area contributed by atoms with Crippen LogP contribution in [-0.4, -0.2) is 12.7 Å². The summed E-state index contributed by atoms with van der Waals surface area (Å²) in [6, 6.07) is 0. The van der Waals surface area contributed by atoms with Gasteiger partial charge in [0.05, 0.1) is 12.7 Å². The minimum atomic E-state index is 0.367. The number of hydrogen-bond donors (Lipinski definition) is 0. The Hall–Kier alpha value is -0.300. The Morgan fingerprint density at radius 2 is 1.91 bits per heavy atom. The molecule has 1 nitrogen and oxygen atoms in total. The molecule has 0 heterocycles. The van der Waals surface area contributed by atoms with Gasteiger partial charge in [0.1, 0.15) is 0 Å². The zero-order chi connectivity index (χ0) is 8.85. The van der Waals surface area contributed by atoms with E-state index in [0.29, 0.717) is 12.7 Å². The van der Waals surface area contributed by atoms with Crippen molar-refractivity contribution in [3.63, 3.8) is 0 Å². The molecule has 0 radical (unpaired) electrons. The van der Waals surface area contributed by atoms with E-state index in [4.69, 9.17) is 4.74 Å². The fourth-order valence-electron chi connectivity index (χ4n) is 1.02. The van der Waals surface area contributed by atoms with E-state index in [-0.39, 0.29) is 0 Å². The SMILES string of the molecule is C=C(C)COC(C)CC(C)C. The second kappa shape index (κ2) is 5.36. The standard InChI is InChI=1S/C10H20O/c1-8(2)6-10(5)11-7-9(3)4/h8,10H,3,6-7H2,1-2,4-5H3. The summed E-state index contributed by atoms with van der Waals surface area (Å²) in [5.41, 5.74) is 1.10. The van der Waals surface area contributed by atoms with Crippen molar-refractivity contribution in [2.45, 2.75) is 40.2 Å². The second-order valence-corrected chi connectivity index (χ2v) is 3.71. The molecule has 0 fully saturated rings. The molecule has 0 N–H and O–H groups in total. The van der Waals surface area contributed by atoms with Crippen LogP contribution in [0.1, 0.15) is 34.1 Å². The second-order valence-electron chi connectivity index (χ2n) is 3.71. The lowest BCUT2D eigenvalue weighted by atomic mass is 10.1. The molecule has 0 aromatic heterocycles. The average molecular weight is 156 g/mol. The molecule has 1 heteroatoms. The molecule has 0 aliphatic carbocycles. The van der Waals surface area contributed by atoms with E-state index in [1.165, 1.54) is 0 Å². The molecule has 0 saturated carbocycles. The fraction of sp³-hybridized carbons (Fsp3) is 0.800. The van der Waals surface area contributed by atoms with Gasteiger partial charge >= 0.3 is 0 Å². The Labute approximate surface area is 70.4 Å². The Balaban J connectivity index is 3.37. The molecule has 0 aromatic rings. The third-order valence-corrected chi connectivity index (χ3v) is 1.42. The third-order valence-electron chi connectivity index (χ3n) is 1.42. The highest BCUT2D eigenvalue weighted by Crippen LogP contribution is 2.07. The molecule has 0 spiro atoms. The molecular weight excluding hydrogens is 136 g/mol. The quantitative estimate of drug-likeness (QED) is 0.556. The highest BCUT2D eigenvalue weighted by atomic mass is 16.5. The van der Waals surface area contributed by atoms with E-state index in [1.54, 1.807) is 0 Å². The molecule has 0 aliphatic rings. The largest absolute Gasteiger partial charge is 0.374 e. The normalized spacial score (nSPS) is 13.5. The molecule has 1 unspecified atom stereocenters. The maximum absolute atomic E-state index is 5.51. The van der Waals surface area contributed by atoms with Gasteiger partial charge < -0.3 is 4.74 Å². The maximum atomic E-state index is 5.51. The van der Waals surface area contributed by atoms with Gasteiger partial charge in [0, 0.05) is 0 Å². The number of ether oxygens (including phenoxy) is 1. The summed E-state index contributed by atoms with van der Waals surface area (Å²) in [6.07, 6.45) is 1.50. The highest BCUT2D eigenvalue weighted by molar-refractivity contribution is 4.87. The monoisotopic (exact) mass is 156 g/mol. The molecule has 66 valence electrons. The van der Waals surface area contributed by atoms with Crippen LogP contribution >= 0.6 is 0 Å². The first-order valence-electron chi connectivity index (χ1n) is 4.28. The van der Waals surface area contributed by atoms with Crippen LogP contribution in [0.3, 0.4) is 0 Å². The first kappa shape index (κ1) is 10.7. The first-order chi connectivity index (χ1) is 5.02. The van der Waals surface area contributed by atoms with Crippen molar-refractivity contribution in [2.24, 2.45) is 5.92 Å². The lowest BCUT2D eigenvalue weighted by Gasteiger charge is -2.14. The van der Waals surface area contributed by atoms with Gasteiger partial charge in [0.2, 0.25) is 0 Å². The van der Waals surface area contributed by atoms with Crippen molar-refractivity contribution in [1.82, 2.24) is 0 Å². The van der Waals surface area contributed by atoms with Crippen molar-refractivity contribution in [3.8, 4) is 0 Å². The van der Waals surface area contributed by atoms with Gasteiger partial charge in [-0.2, -0.15) is 0 Å². The van der Waals surface area contributed by atoms with Gasteiger partial charge in [0.15, 0.2) is 0 Å². The van der Waals surface area contributed by atoms with Gasteiger partial charge in [-0.15, -0.1) is 0 Å². The van der Waals surface area contributed by atoms with E-state index in [1.807, 2.05) is 6.92 Å². The predicted molar refractivity (Wildman–Crippen MR) is 49.7 cm³/mol. The van der Waals surface area contributed by atoms with Crippen molar-refractivity contribution in [2.75, 3.05) is 6.61 Å². The van der Waals surface area contributed by atoms with Gasteiger partial charge in [-0.1, -0.05) is 26.0 Å². The van der Waals surface area contributed by atoms with Crippen LogP contribution in [0.25, 0.3) is 0 Å². The van der Waals surface area contributed by atoms with Crippen LogP contribution in [0.5, 0.6) is 0 Å². The van der Waals surface area contributed by atoms with Crippen LogP contribution in [-0.2, 0) is 4.74 Å². The van der Waals surface area contributed by atoms with Gasteiger partial charge in [-0.25, -0.2) is 0 Å². The third kappa shape index (κ3) is 7.60. The van der Waals surface area contributed by atoms with Crippen molar-refractivity contribution in [3.05, 3.63) is 12.2 Å². The molecule has 0 bridgehead atoms. The Bertz CT molecular complexity index is 116. The molecule has 0 amide bonds. The van der Waals surface area contributed by atoms with E-state index in [2.05, 4.69) is 27.4 Å². The highest BCUT2D eigenvalue weighted by Gasteiger charge is 2.04. The summed E-state index contributed by atoms with van der Waals surface area (Å²) in [5, 5.41) is 0. The lowest BCUT2D eigenvalue weighted by molar-refractivity contribution is 0.0682. The van der Waals surface area contributed by atoms with Crippen molar-refractivity contribution < 1.29 is 4.74 Å². The minimum absolute atomic E-state index is 0.367. The fourth-order valence-corrected chi connectivity index (χ4v) is 1.02. The van der Waals surface area contributed by atoms with Crippen molar-refractivity contribution in [1.29, 1.82) is 0 Å². The average Bonchev–Trinajstić information content (AvgIpc) is 1.82. The molecule has 0 rings (SSSR count). The molecule has 11 heavy (non-hydrogen) atoms. The van der Waals surface area contributed by atoms with Crippen LogP contribution in [0.15, 0.2) is 12.2 Å². The van der Waals surface area contributed by atoms with Crippen LogP contribution in [0, 0.1) is 5.92 Å². The smallest absolute Gasteiger partial charge is 0.0675 e. The van der Waals surface area contributed by atoms with Crippen LogP contribution in [0.2, 0.25) is 0 Å². The Kier molecular flexibility index (Phi) is 5.22. The minimum Gasteiger partial charge on any atom is -0.374 e. The Morgan fingerprint density at radius 1 is 1.36 bits per heavy atom. The summed E-state index contributed by atoms with van der Waals surface area (Å²) in [7, 11) is 0. The Morgan fingerprint density at radius 3 is 2.27 bits per heavy atom. The van der Waals surface area contributed by atoms with E-state index in [9.17, 15) is 0 Å². The summed E-state index contributed by atoms with van der Waals surface area (Å²) < 4.78 is 5.51. The van der Waals surface area contributed by atoms with Gasteiger partial charge in [-0.3, -0.25) is 0 Å². The summed E-state index contributed by atoms with van der Waals surface area (Å²) >= 11 is 0. The molecule has 0 aromatic carbocycles.